The van der Waals surface area contributed by atoms with Crippen molar-refractivity contribution < 1.29 is 38.0 Å². The molecular weight excluding hydrogens is 452 g/mol. The van der Waals surface area contributed by atoms with Gasteiger partial charge in [-0.05, 0) is 44.9 Å². The Hall–Kier alpha value is -2.03. The van der Waals surface area contributed by atoms with Crippen molar-refractivity contribution >= 4 is 5.97 Å². The molecule has 4 unspecified atom stereocenters. The summed E-state index contributed by atoms with van der Waals surface area (Å²) in [6.45, 7) is 19.6. The highest BCUT2D eigenvalue weighted by molar-refractivity contribution is 5.80. The summed E-state index contributed by atoms with van der Waals surface area (Å²) >= 11 is 0. The van der Waals surface area contributed by atoms with Crippen LogP contribution in [0.1, 0.15) is 75.7 Å². The fourth-order valence-electron chi connectivity index (χ4n) is 3.48. The molecule has 0 amide bonds. The van der Waals surface area contributed by atoms with Crippen molar-refractivity contribution in [1.82, 2.24) is 0 Å². The maximum atomic E-state index is 13.7. The van der Waals surface area contributed by atoms with Crippen LogP contribution in [0.25, 0.3) is 0 Å². The molecule has 0 saturated carbocycles. The van der Waals surface area contributed by atoms with E-state index in [2.05, 4.69) is 20.8 Å². The van der Waals surface area contributed by atoms with Crippen LogP contribution in [0.3, 0.4) is 0 Å². The third-order valence-electron chi connectivity index (χ3n) is 6.08. The minimum absolute atomic E-state index is 0.0961. The molecule has 0 aliphatic rings. The Balaban J connectivity index is 3.62. The van der Waals surface area contributed by atoms with Crippen molar-refractivity contribution in [3.63, 3.8) is 0 Å². The van der Waals surface area contributed by atoms with E-state index in [-0.39, 0.29) is 28.3 Å². The molecule has 4 atom stereocenters. The highest BCUT2D eigenvalue weighted by Gasteiger charge is 2.48. The molecule has 0 bridgehead atoms. The van der Waals surface area contributed by atoms with E-state index in [1.165, 1.54) is 21.3 Å². The first-order valence-corrected chi connectivity index (χ1v) is 12.0. The van der Waals surface area contributed by atoms with Gasteiger partial charge in [-0.1, -0.05) is 41.5 Å². The summed E-state index contributed by atoms with van der Waals surface area (Å²) in [6.07, 6.45) is -1.12. The molecular formula is C27H46O8. The van der Waals surface area contributed by atoms with E-state index in [0.717, 1.165) is 0 Å². The standard InChI is InChI=1S/C27H46O8/c1-17(29-11)32-20-14-22(34-19(3)31-13)23(15-21(20)33-18(2)30-12)35-24(28)27(10,26(7,8)9)16-25(4,5)6/h14-15,17-19H,16H2,1-13H3. The van der Waals surface area contributed by atoms with Gasteiger partial charge >= 0.3 is 5.97 Å². The summed E-state index contributed by atoms with van der Waals surface area (Å²) in [6, 6.07) is 3.17. The second-order valence-corrected chi connectivity index (χ2v) is 11.2. The first kappa shape index (κ1) is 31.0. The van der Waals surface area contributed by atoms with Gasteiger partial charge in [0.25, 0.3) is 0 Å². The number of rotatable bonds is 12. The van der Waals surface area contributed by atoms with Crippen LogP contribution in [0.4, 0.5) is 0 Å². The third-order valence-corrected chi connectivity index (χ3v) is 6.08. The summed E-state index contributed by atoms with van der Waals surface area (Å²) in [5.41, 5.74) is -1.24. The molecule has 0 saturated heterocycles. The molecule has 0 aliphatic heterocycles. The van der Waals surface area contributed by atoms with Crippen LogP contribution in [-0.4, -0.2) is 46.2 Å². The van der Waals surface area contributed by atoms with E-state index in [9.17, 15) is 4.79 Å². The minimum atomic E-state index is -0.782. The lowest BCUT2D eigenvalue weighted by atomic mass is 9.61. The lowest BCUT2D eigenvalue weighted by molar-refractivity contribution is -0.154. The van der Waals surface area contributed by atoms with Crippen LogP contribution in [0.2, 0.25) is 0 Å². The van der Waals surface area contributed by atoms with Gasteiger partial charge < -0.3 is 33.2 Å². The Morgan fingerprint density at radius 1 is 0.686 bits per heavy atom. The molecule has 0 heterocycles. The molecule has 0 aliphatic carbocycles. The lowest BCUT2D eigenvalue weighted by Crippen LogP contribution is -2.45. The predicted molar refractivity (Wildman–Crippen MR) is 135 cm³/mol. The summed E-state index contributed by atoms with van der Waals surface area (Å²) in [5.74, 6) is 0.764. The van der Waals surface area contributed by atoms with Crippen LogP contribution >= 0.6 is 0 Å². The van der Waals surface area contributed by atoms with E-state index in [4.69, 9.17) is 33.2 Å². The third kappa shape index (κ3) is 8.85. The Bertz CT molecular complexity index is 824. The largest absolute Gasteiger partial charge is 0.461 e. The average molecular weight is 499 g/mol. The zero-order valence-electron chi connectivity index (χ0n) is 23.9. The summed E-state index contributed by atoms with van der Waals surface area (Å²) in [7, 11) is 4.59. The molecule has 8 nitrogen and oxygen atoms in total. The number of carbonyl (C=O) groups is 1. The van der Waals surface area contributed by atoms with Gasteiger partial charge in [0.1, 0.15) is 0 Å². The smallest absolute Gasteiger partial charge is 0.317 e. The Labute approximate surface area is 211 Å². The van der Waals surface area contributed by atoms with Crippen LogP contribution < -0.4 is 18.9 Å². The number of benzene rings is 1. The number of hydrogen-bond donors (Lipinski definition) is 0. The zero-order chi connectivity index (χ0) is 27.2. The van der Waals surface area contributed by atoms with Gasteiger partial charge in [-0.3, -0.25) is 4.79 Å². The second-order valence-electron chi connectivity index (χ2n) is 11.2. The first-order valence-electron chi connectivity index (χ1n) is 12.0. The average Bonchev–Trinajstić information content (AvgIpc) is 2.73. The van der Waals surface area contributed by atoms with Gasteiger partial charge in [-0.2, -0.15) is 0 Å². The molecule has 0 fully saturated rings. The number of ether oxygens (including phenoxy) is 7. The van der Waals surface area contributed by atoms with E-state index in [1.54, 1.807) is 32.9 Å². The maximum absolute atomic E-state index is 13.7. The summed E-state index contributed by atoms with van der Waals surface area (Å²) in [4.78, 5) is 13.7. The monoisotopic (exact) mass is 498 g/mol. The molecule has 35 heavy (non-hydrogen) atoms. The molecule has 202 valence electrons. The van der Waals surface area contributed by atoms with Crippen LogP contribution in [-0.2, 0) is 19.0 Å². The normalized spacial score (nSPS) is 16.6. The summed E-state index contributed by atoms with van der Waals surface area (Å²) < 4.78 is 39.5. The minimum Gasteiger partial charge on any atom is -0.461 e. The fourth-order valence-corrected chi connectivity index (χ4v) is 3.48. The molecule has 1 rings (SSSR count). The molecule has 1 aromatic rings. The van der Waals surface area contributed by atoms with Gasteiger partial charge in [-0.15, -0.1) is 0 Å². The Morgan fingerprint density at radius 3 is 1.34 bits per heavy atom. The van der Waals surface area contributed by atoms with Crippen LogP contribution in [0.15, 0.2) is 12.1 Å². The quantitative estimate of drug-likeness (QED) is 0.192. The SMILES string of the molecule is COC(C)Oc1cc(OC(C)OC)c(OC(C)OC)cc1OC(=O)C(C)(CC(C)(C)C)C(C)(C)C. The highest BCUT2D eigenvalue weighted by atomic mass is 16.7. The number of methoxy groups -OCH3 is 3. The van der Waals surface area contributed by atoms with E-state index < -0.39 is 24.3 Å². The van der Waals surface area contributed by atoms with Gasteiger partial charge in [0.15, 0.2) is 41.9 Å². The molecule has 0 spiro atoms. The van der Waals surface area contributed by atoms with Gasteiger partial charge in [0, 0.05) is 33.5 Å². The van der Waals surface area contributed by atoms with Crippen molar-refractivity contribution in [3.8, 4) is 23.0 Å². The van der Waals surface area contributed by atoms with E-state index in [1.807, 2.05) is 27.7 Å². The molecule has 0 aromatic heterocycles. The topological polar surface area (TPSA) is 81.7 Å². The highest BCUT2D eigenvalue weighted by Crippen LogP contribution is 2.49. The maximum Gasteiger partial charge on any atom is 0.317 e. The van der Waals surface area contributed by atoms with Crippen molar-refractivity contribution in [2.45, 2.75) is 94.5 Å². The van der Waals surface area contributed by atoms with E-state index >= 15 is 0 Å². The van der Waals surface area contributed by atoms with Crippen LogP contribution in [0.5, 0.6) is 23.0 Å². The zero-order valence-corrected chi connectivity index (χ0v) is 23.9. The van der Waals surface area contributed by atoms with Crippen molar-refractivity contribution in [2.24, 2.45) is 16.2 Å². The van der Waals surface area contributed by atoms with Gasteiger partial charge in [0.2, 0.25) is 0 Å². The van der Waals surface area contributed by atoms with E-state index in [0.29, 0.717) is 17.9 Å². The molecule has 0 radical (unpaired) electrons. The first-order chi connectivity index (χ1) is 16.0. The van der Waals surface area contributed by atoms with Crippen molar-refractivity contribution in [2.75, 3.05) is 21.3 Å². The van der Waals surface area contributed by atoms with Crippen molar-refractivity contribution in [3.05, 3.63) is 12.1 Å². The molecule has 8 heteroatoms. The summed E-state index contributed by atoms with van der Waals surface area (Å²) in [5, 5.41) is 0. The predicted octanol–water partition coefficient (Wildman–Crippen LogP) is 6.19. The Morgan fingerprint density at radius 2 is 1.03 bits per heavy atom. The lowest BCUT2D eigenvalue weighted by Gasteiger charge is -2.43. The Kier molecular flexibility index (Phi) is 10.9. The second kappa shape index (κ2) is 12.3. The van der Waals surface area contributed by atoms with Crippen LogP contribution in [0, 0.1) is 16.2 Å². The number of hydrogen-bond acceptors (Lipinski definition) is 8. The number of carbonyl (C=O) groups excluding carboxylic acids is 1. The molecule has 0 N–H and O–H groups in total. The molecule has 1 aromatic carbocycles. The van der Waals surface area contributed by atoms with Crippen molar-refractivity contribution in [1.29, 1.82) is 0 Å². The fraction of sp³-hybridized carbons (Fsp3) is 0.741. The van der Waals surface area contributed by atoms with Gasteiger partial charge in [-0.25, -0.2) is 0 Å². The van der Waals surface area contributed by atoms with Gasteiger partial charge in [0.05, 0.1) is 5.41 Å². The number of esters is 1.